The Labute approximate surface area is 93.8 Å². The molecule has 1 fully saturated rings. The van der Waals surface area contributed by atoms with Crippen molar-refractivity contribution in [3.8, 4) is 0 Å². The number of aliphatic hydroxyl groups is 1. The molecule has 1 rings (SSSR count). The van der Waals surface area contributed by atoms with E-state index in [0.29, 0.717) is 5.92 Å². The molecular formula is C13H25NO. The first-order valence-corrected chi connectivity index (χ1v) is 6.33. The summed E-state index contributed by atoms with van der Waals surface area (Å²) >= 11 is 0. The standard InChI is InChI=1S/C13H25NO/c1-4-7-14-12-6-5-11(8-10(2)3)9-13(12)15/h7,10-13,15H,4-6,8-9H2,1-3H3/t11?,12?,13-/m0/s1. The van der Waals surface area contributed by atoms with E-state index in [1.54, 1.807) is 0 Å². The Morgan fingerprint density at radius 2 is 2.13 bits per heavy atom. The maximum atomic E-state index is 9.97. The molecule has 0 aromatic heterocycles. The lowest BCUT2D eigenvalue weighted by molar-refractivity contribution is 0.0757. The predicted octanol–water partition coefficient (Wildman–Crippen LogP) is 3.04. The fourth-order valence-corrected chi connectivity index (χ4v) is 2.51. The van der Waals surface area contributed by atoms with Gasteiger partial charge >= 0.3 is 0 Å². The van der Waals surface area contributed by atoms with E-state index in [-0.39, 0.29) is 12.1 Å². The van der Waals surface area contributed by atoms with Crippen LogP contribution in [0.4, 0.5) is 0 Å². The summed E-state index contributed by atoms with van der Waals surface area (Å²) in [6.07, 6.45) is 7.21. The van der Waals surface area contributed by atoms with E-state index in [2.05, 4.69) is 25.8 Å². The molecule has 1 N–H and O–H groups in total. The van der Waals surface area contributed by atoms with Crippen LogP contribution in [0.5, 0.6) is 0 Å². The predicted molar refractivity (Wildman–Crippen MR) is 65.4 cm³/mol. The molecule has 0 aromatic carbocycles. The van der Waals surface area contributed by atoms with Crippen LogP contribution in [0.25, 0.3) is 0 Å². The molecule has 0 aromatic rings. The maximum absolute atomic E-state index is 9.97. The van der Waals surface area contributed by atoms with Crippen molar-refractivity contribution in [3.05, 3.63) is 0 Å². The van der Waals surface area contributed by atoms with Crippen LogP contribution in [0.3, 0.4) is 0 Å². The lowest BCUT2D eigenvalue weighted by atomic mass is 9.80. The quantitative estimate of drug-likeness (QED) is 0.712. The van der Waals surface area contributed by atoms with Crippen LogP contribution < -0.4 is 0 Å². The van der Waals surface area contributed by atoms with Gasteiger partial charge in [-0.1, -0.05) is 20.8 Å². The van der Waals surface area contributed by atoms with Crippen LogP contribution in [-0.4, -0.2) is 23.5 Å². The Morgan fingerprint density at radius 3 is 2.67 bits per heavy atom. The normalized spacial score (nSPS) is 32.7. The maximum Gasteiger partial charge on any atom is 0.0766 e. The molecule has 88 valence electrons. The first-order chi connectivity index (χ1) is 7.13. The average Bonchev–Trinajstić information content (AvgIpc) is 2.15. The van der Waals surface area contributed by atoms with Gasteiger partial charge in [0.2, 0.25) is 0 Å². The fourth-order valence-electron chi connectivity index (χ4n) is 2.51. The molecule has 1 aliphatic rings. The summed E-state index contributed by atoms with van der Waals surface area (Å²) in [4.78, 5) is 4.42. The van der Waals surface area contributed by atoms with Crippen LogP contribution >= 0.6 is 0 Å². The van der Waals surface area contributed by atoms with Gasteiger partial charge in [0.15, 0.2) is 0 Å². The topological polar surface area (TPSA) is 32.6 Å². The van der Waals surface area contributed by atoms with Crippen molar-refractivity contribution in [3.63, 3.8) is 0 Å². The van der Waals surface area contributed by atoms with Gasteiger partial charge < -0.3 is 5.11 Å². The third kappa shape index (κ3) is 4.33. The van der Waals surface area contributed by atoms with E-state index >= 15 is 0 Å². The van der Waals surface area contributed by atoms with E-state index in [1.807, 2.05) is 6.21 Å². The molecular weight excluding hydrogens is 186 g/mol. The Kier molecular flexibility index (Phi) is 5.30. The zero-order chi connectivity index (χ0) is 11.3. The molecule has 0 amide bonds. The largest absolute Gasteiger partial charge is 0.391 e. The number of hydrogen-bond donors (Lipinski definition) is 1. The smallest absolute Gasteiger partial charge is 0.0766 e. The van der Waals surface area contributed by atoms with E-state index in [4.69, 9.17) is 0 Å². The molecule has 2 nitrogen and oxygen atoms in total. The summed E-state index contributed by atoms with van der Waals surface area (Å²) in [6.45, 7) is 6.60. The summed E-state index contributed by atoms with van der Waals surface area (Å²) in [6, 6.07) is 0.174. The van der Waals surface area contributed by atoms with Crippen molar-refractivity contribution in [2.24, 2.45) is 16.8 Å². The van der Waals surface area contributed by atoms with Crippen LogP contribution in [-0.2, 0) is 0 Å². The minimum absolute atomic E-state index is 0.174. The summed E-state index contributed by atoms with van der Waals surface area (Å²) in [5, 5.41) is 9.97. The van der Waals surface area contributed by atoms with Gasteiger partial charge in [0, 0.05) is 0 Å². The minimum Gasteiger partial charge on any atom is -0.391 e. The molecule has 2 heteroatoms. The van der Waals surface area contributed by atoms with Crippen molar-refractivity contribution in [1.29, 1.82) is 0 Å². The van der Waals surface area contributed by atoms with E-state index in [0.717, 1.165) is 25.2 Å². The zero-order valence-electron chi connectivity index (χ0n) is 10.3. The van der Waals surface area contributed by atoms with E-state index in [9.17, 15) is 5.11 Å². The lowest BCUT2D eigenvalue weighted by Crippen LogP contribution is -2.33. The SMILES string of the molecule is CCC=NC1CCC(CC(C)C)C[C@@H]1O. The van der Waals surface area contributed by atoms with Crippen LogP contribution in [0, 0.1) is 11.8 Å². The highest BCUT2D eigenvalue weighted by atomic mass is 16.3. The van der Waals surface area contributed by atoms with Gasteiger partial charge in [0.25, 0.3) is 0 Å². The second kappa shape index (κ2) is 6.26. The molecule has 2 unspecified atom stereocenters. The third-order valence-corrected chi connectivity index (χ3v) is 3.17. The van der Waals surface area contributed by atoms with Gasteiger partial charge in [-0.15, -0.1) is 0 Å². The van der Waals surface area contributed by atoms with Gasteiger partial charge in [-0.25, -0.2) is 0 Å². The number of rotatable bonds is 4. The van der Waals surface area contributed by atoms with Gasteiger partial charge in [-0.05, 0) is 50.2 Å². The average molecular weight is 211 g/mol. The fraction of sp³-hybridized carbons (Fsp3) is 0.923. The molecule has 15 heavy (non-hydrogen) atoms. The Hall–Kier alpha value is -0.370. The van der Waals surface area contributed by atoms with Crippen molar-refractivity contribution < 1.29 is 5.11 Å². The highest BCUT2D eigenvalue weighted by molar-refractivity contribution is 5.56. The molecule has 0 radical (unpaired) electrons. The summed E-state index contributed by atoms with van der Waals surface area (Å²) in [5.41, 5.74) is 0. The Morgan fingerprint density at radius 1 is 1.40 bits per heavy atom. The molecule has 1 aliphatic carbocycles. The summed E-state index contributed by atoms with van der Waals surface area (Å²) in [5.74, 6) is 1.46. The molecule has 3 atom stereocenters. The highest BCUT2D eigenvalue weighted by Crippen LogP contribution is 2.30. The summed E-state index contributed by atoms with van der Waals surface area (Å²) in [7, 11) is 0. The monoisotopic (exact) mass is 211 g/mol. The van der Waals surface area contributed by atoms with Crippen LogP contribution in [0.1, 0.15) is 52.9 Å². The zero-order valence-corrected chi connectivity index (χ0v) is 10.3. The van der Waals surface area contributed by atoms with Crippen LogP contribution in [0.2, 0.25) is 0 Å². The number of hydrogen-bond acceptors (Lipinski definition) is 2. The van der Waals surface area contributed by atoms with Crippen molar-refractivity contribution in [2.75, 3.05) is 0 Å². The molecule has 0 bridgehead atoms. The van der Waals surface area contributed by atoms with Crippen LogP contribution in [0.15, 0.2) is 4.99 Å². The Bertz CT molecular complexity index is 201. The molecule has 0 heterocycles. The third-order valence-electron chi connectivity index (χ3n) is 3.17. The molecule has 0 aliphatic heterocycles. The second-order valence-corrected chi connectivity index (χ2v) is 5.18. The second-order valence-electron chi connectivity index (χ2n) is 5.18. The van der Waals surface area contributed by atoms with Crippen molar-refractivity contribution in [2.45, 2.75) is 65.0 Å². The first kappa shape index (κ1) is 12.7. The Balaban J connectivity index is 2.37. The van der Waals surface area contributed by atoms with Gasteiger partial charge in [-0.2, -0.15) is 0 Å². The van der Waals surface area contributed by atoms with Gasteiger partial charge in [-0.3, -0.25) is 4.99 Å². The van der Waals surface area contributed by atoms with Gasteiger partial charge in [0.05, 0.1) is 12.1 Å². The van der Waals surface area contributed by atoms with Crippen molar-refractivity contribution >= 4 is 6.21 Å². The number of aliphatic imine (C=N–C) groups is 1. The molecule has 1 saturated carbocycles. The highest BCUT2D eigenvalue weighted by Gasteiger charge is 2.28. The van der Waals surface area contributed by atoms with E-state index < -0.39 is 0 Å². The number of nitrogens with zero attached hydrogens (tertiary/aromatic N) is 1. The van der Waals surface area contributed by atoms with Crippen molar-refractivity contribution in [1.82, 2.24) is 0 Å². The van der Waals surface area contributed by atoms with Gasteiger partial charge in [0.1, 0.15) is 0 Å². The first-order valence-electron chi connectivity index (χ1n) is 6.33. The lowest BCUT2D eigenvalue weighted by Gasteiger charge is -2.31. The summed E-state index contributed by atoms with van der Waals surface area (Å²) < 4.78 is 0. The minimum atomic E-state index is -0.203. The number of aliphatic hydroxyl groups excluding tert-OH is 1. The van der Waals surface area contributed by atoms with E-state index in [1.165, 1.54) is 12.8 Å². The molecule has 0 spiro atoms. The molecule has 0 saturated heterocycles.